The smallest absolute Gasteiger partial charge is 0.333 e. The number of ether oxygens (including phenoxy) is 1. The quantitative estimate of drug-likeness (QED) is 0.196. The minimum absolute atomic E-state index is 0.0336. The molecule has 0 bridgehead atoms. The van der Waals surface area contributed by atoms with Crippen LogP contribution in [0.2, 0.25) is 0 Å². The summed E-state index contributed by atoms with van der Waals surface area (Å²) in [7, 11) is 7.52. The van der Waals surface area contributed by atoms with Crippen molar-refractivity contribution < 1.29 is 48.2 Å². The highest BCUT2D eigenvalue weighted by atomic mass is 16.5. The Morgan fingerprint density at radius 2 is 1.55 bits per heavy atom. The predicted octanol–water partition coefficient (Wildman–Crippen LogP) is 1.40. The van der Waals surface area contributed by atoms with Crippen LogP contribution >= 0.6 is 0 Å². The fourth-order valence-corrected chi connectivity index (χ4v) is 8.35. The van der Waals surface area contributed by atoms with Gasteiger partial charge in [-0.05, 0) is 61.6 Å². The number of amides is 6. The number of carbonyl (C=O) groups excluding carboxylic acids is 8. The van der Waals surface area contributed by atoms with E-state index in [0.717, 1.165) is 11.3 Å². The summed E-state index contributed by atoms with van der Waals surface area (Å²) in [5, 5.41) is 18.3. The molecular weight excluding hydrogens is 825 g/mol. The van der Waals surface area contributed by atoms with Crippen molar-refractivity contribution in [1.82, 2.24) is 40.1 Å². The van der Waals surface area contributed by atoms with Crippen molar-refractivity contribution in [3.05, 3.63) is 89.7 Å². The second-order valence-electron chi connectivity index (χ2n) is 17.4. The largest absolute Gasteiger partial charge is 0.505 e. The van der Waals surface area contributed by atoms with Crippen molar-refractivity contribution in [1.29, 1.82) is 0 Å². The third-order valence-corrected chi connectivity index (χ3v) is 12.1. The summed E-state index contributed by atoms with van der Waals surface area (Å²) < 4.78 is 6.39. The summed E-state index contributed by atoms with van der Waals surface area (Å²) in [6.45, 7) is 3.02. The van der Waals surface area contributed by atoms with Gasteiger partial charge in [-0.25, -0.2) is 9.78 Å². The lowest BCUT2D eigenvalue weighted by Crippen LogP contribution is -2.61. The molecule has 4 heterocycles. The van der Waals surface area contributed by atoms with Crippen molar-refractivity contribution in [2.45, 2.75) is 94.7 Å². The molecule has 6 rings (SSSR count). The number of rotatable bonds is 7. The number of hydrogen-bond donors (Lipinski definition) is 4. The number of hydrogen-bond acceptors (Lipinski definition) is 11. The highest BCUT2D eigenvalue weighted by molar-refractivity contribution is 6.01. The SMILES string of the molecule is CC[C@H]1NC(=O)[C@@H](NC(=O)c2ncccc2O)[C@@H](C)OC(=O)[C@H](c2ccccc2)NC(=O)[C@@H]2CC(=O)CCN2C(=O)[C@H](Cc2ccc([N+](C)(C)C)cc2)N(C)C(=O)[C@@H]2CCCN2C1=O. The van der Waals surface area contributed by atoms with Crippen LogP contribution in [0, 0.1) is 0 Å². The van der Waals surface area contributed by atoms with Gasteiger partial charge in [0.25, 0.3) is 5.91 Å². The molecule has 1 aromatic heterocycles. The molecule has 18 heteroatoms. The van der Waals surface area contributed by atoms with Crippen LogP contribution in [0.3, 0.4) is 0 Å². The molecule has 2 aromatic carbocycles. The van der Waals surface area contributed by atoms with Crippen molar-refractivity contribution in [2.24, 2.45) is 0 Å². The van der Waals surface area contributed by atoms with Gasteiger partial charge in [0.05, 0.1) is 21.1 Å². The standard InChI is InChI=1S/C46H56N8O10/c1-7-32-43(60)52-23-12-15-33(52)44(61)51(3)35(25-28-17-19-30(20-18-28)54(4,5)6)45(62)53-24-21-31(55)26-34(53)40(57)50-38(29-13-9-8-10-14-29)46(63)64-27(2)37(41(58)48-32)49-42(59)39-36(56)16-11-22-47-39/h8-11,13-14,16-20,22,27,32-35,37-38H,7,12,15,21,23-26H2,1-6H3,(H3-,48,49,50,56,57,58,59)/p+1/t27-,32-,33+,34+,35+,37+,38+/m1/s1. The fourth-order valence-electron chi connectivity index (χ4n) is 8.35. The molecule has 18 nitrogen and oxygen atoms in total. The summed E-state index contributed by atoms with van der Waals surface area (Å²) in [6, 6.07) is 10.2. The minimum atomic E-state index is -1.68. The van der Waals surface area contributed by atoms with Gasteiger partial charge in [-0.3, -0.25) is 38.0 Å². The van der Waals surface area contributed by atoms with Gasteiger partial charge in [0.2, 0.25) is 29.5 Å². The summed E-state index contributed by atoms with van der Waals surface area (Å²) in [5.74, 6) is -6.31. The Morgan fingerprint density at radius 1 is 0.859 bits per heavy atom. The molecule has 3 saturated heterocycles. The summed E-state index contributed by atoms with van der Waals surface area (Å²) in [5.41, 5.74) is 1.55. The molecule has 0 aliphatic carbocycles. The molecule has 0 radical (unpaired) electrons. The third kappa shape index (κ3) is 10.4. The Bertz CT molecular complexity index is 2270. The van der Waals surface area contributed by atoms with Crippen LogP contribution in [0.15, 0.2) is 72.9 Å². The average molecular weight is 882 g/mol. The van der Waals surface area contributed by atoms with E-state index in [-0.39, 0.29) is 56.5 Å². The number of cyclic esters (lactones) is 1. The van der Waals surface area contributed by atoms with E-state index in [1.165, 1.54) is 47.0 Å². The number of quaternary nitrogens is 1. The number of ketones is 1. The van der Waals surface area contributed by atoms with E-state index in [0.29, 0.717) is 10.9 Å². The number of nitrogens with one attached hydrogen (secondary N) is 3. The van der Waals surface area contributed by atoms with Crippen LogP contribution in [-0.2, 0) is 44.7 Å². The zero-order valence-electron chi connectivity index (χ0n) is 37.0. The monoisotopic (exact) mass is 881 g/mol. The zero-order valence-corrected chi connectivity index (χ0v) is 37.0. The van der Waals surface area contributed by atoms with Crippen LogP contribution in [0.4, 0.5) is 5.69 Å². The molecule has 3 fully saturated rings. The van der Waals surface area contributed by atoms with E-state index in [1.807, 2.05) is 45.4 Å². The molecule has 7 atom stereocenters. The number of fused-ring (bicyclic) bond motifs is 2. The van der Waals surface area contributed by atoms with E-state index in [2.05, 4.69) is 20.9 Å². The number of esters is 1. The number of pyridine rings is 1. The van der Waals surface area contributed by atoms with Gasteiger partial charge < -0.3 is 40.5 Å². The molecule has 4 N–H and O–H groups in total. The maximum Gasteiger partial charge on any atom is 0.333 e. The lowest BCUT2D eigenvalue weighted by atomic mass is 9.95. The van der Waals surface area contributed by atoms with Crippen molar-refractivity contribution in [3.8, 4) is 5.75 Å². The topological polar surface area (TPSA) is 225 Å². The Balaban J connectivity index is 1.44. The molecule has 0 saturated carbocycles. The van der Waals surface area contributed by atoms with Crippen LogP contribution in [0.1, 0.15) is 73.6 Å². The van der Waals surface area contributed by atoms with Crippen LogP contribution in [0.5, 0.6) is 5.75 Å². The van der Waals surface area contributed by atoms with Crippen molar-refractivity contribution in [3.63, 3.8) is 0 Å². The second kappa shape index (κ2) is 19.8. The van der Waals surface area contributed by atoms with Crippen LogP contribution < -0.4 is 20.4 Å². The van der Waals surface area contributed by atoms with Gasteiger partial charge in [0.15, 0.2) is 11.7 Å². The van der Waals surface area contributed by atoms with Crippen molar-refractivity contribution in [2.75, 3.05) is 41.3 Å². The van der Waals surface area contributed by atoms with E-state index in [1.54, 1.807) is 37.3 Å². The summed E-state index contributed by atoms with van der Waals surface area (Å²) >= 11 is 0. The first kappa shape index (κ1) is 46.8. The highest BCUT2D eigenvalue weighted by Crippen LogP contribution is 2.27. The third-order valence-electron chi connectivity index (χ3n) is 12.1. The van der Waals surface area contributed by atoms with Gasteiger partial charge in [-0.2, -0.15) is 0 Å². The number of aromatic hydroxyl groups is 1. The molecule has 6 amide bonds. The molecule has 3 aromatic rings. The van der Waals surface area contributed by atoms with Crippen molar-refractivity contribution >= 4 is 52.9 Å². The number of benzene rings is 2. The molecule has 3 aliphatic rings. The molecule has 0 unspecified atom stereocenters. The minimum Gasteiger partial charge on any atom is -0.505 e. The van der Waals surface area contributed by atoms with Gasteiger partial charge in [0, 0.05) is 45.6 Å². The van der Waals surface area contributed by atoms with E-state index >= 15 is 4.79 Å². The van der Waals surface area contributed by atoms with Gasteiger partial charge >= 0.3 is 5.97 Å². The number of aromatic nitrogens is 1. The maximum atomic E-state index is 15.0. The van der Waals surface area contributed by atoms with Gasteiger partial charge in [-0.1, -0.05) is 49.4 Å². The van der Waals surface area contributed by atoms with E-state index in [4.69, 9.17) is 4.74 Å². The summed E-state index contributed by atoms with van der Waals surface area (Å²) in [6.07, 6.45) is 0.182. The highest BCUT2D eigenvalue weighted by Gasteiger charge is 2.46. The maximum absolute atomic E-state index is 15.0. The van der Waals surface area contributed by atoms with E-state index < -0.39 is 95.2 Å². The molecule has 0 spiro atoms. The lowest BCUT2D eigenvalue weighted by molar-refractivity contribution is -0.156. The Morgan fingerprint density at radius 3 is 2.20 bits per heavy atom. The first-order valence-corrected chi connectivity index (χ1v) is 21.5. The van der Waals surface area contributed by atoms with Crippen LogP contribution in [0.25, 0.3) is 0 Å². The first-order chi connectivity index (χ1) is 30.4. The number of likely N-dealkylation sites (N-methyl/N-ethyl adjacent to an activating group) is 1. The van der Waals surface area contributed by atoms with Crippen LogP contribution in [-0.4, -0.2) is 150 Å². The number of nitrogens with zero attached hydrogens (tertiary/aromatic N) is 5. The number of carbonyl (C=O) groups is 8. The van der Waals surface area contributed by atoms with E-state index in [9.17, 15) is 38.7 Å². The lowest BCUT2D eigenvalue weighted by Gasteiger charge is -2.40. The average Bonchev–Trinajstić information content (AvgIpc) is 3.77. The second-order valence-corrected chi connectivity index (χ2v) is 17.4. The Labute approximate surface area is 371 Å². The molecule has 340 valence electrons. The first-order valence-electron chi connectivity index (χ1n) is 21.5. The van der Waals surface area contributed by atoms with Gasteiger partial charge in [0.1, 0.15) is 53.5 Å². The summed E-state index contributed by atoms with van der Waals surface area (Å²) in [4.78, 5) is 122. The Hall–Kier alpha value is -6.69. The van der Waals surface area contributed by atoms with Gasteiger partial charge in [-0.15, -0.1) is 0 Å². The molecule has 64 heavy (non-hydrogen) atoms. The zero-order chi connectivity index (χ0) is 46.5. The molecule has 3 aliphatic heterocycles. The normalized spacial score (nSPS) is 25.6. The fraction of sp³-hybridized carbons (Fsp3) is 0.457. The Kier molecular flexibility index (Phi) is 14.5. The number of Topliss-reactive ketones (excluding diaryl/α,β-unsaturated/α-hetero) is 1. The number of piperidine rings is 1. The predicted molar refractivity (Wildman–Crippen MR) is 233 cm³/mol. The molecular formula is C46H57N8O10+.